The Morgan fingerprint density at radius 3 is 2.56 bits per heavy atom. The Bertz CT molecular complexity index is 712. The first-order valence-corrected chi connectivity index (χ1v) is 9.78. The summed E-state index contributed by atoms with van der Waals surface area (Å²) in [6.45, 7) is 5.31. The zero-order chi connectivity index (χ0) is 18.8. The van der Waals surface area contributed by atoms with E-state index in [1.54, 1.807) is 12.1 Å². The number of hydrogen-bond acceptors (Lipinski definition) is 6. The van der Waals surface area contributed by atoms with Gasteiger partial charge in [-0.05, 0) is 37.8 Å². The zero-order valence-electron chi connectivity index (χ0n) is 15.4. The fraction of sp³-hybridized carbons (Fsp3) is 0.632. The fourth-order valence-corrected chi connectivity index (χ4v) is 4.38. The number of nitrogens with one attached hydrogen (secondary N) is 1. The number of nitro benzene ring substituents is 1. The molecule has 0 radical (unpaired) electrons. The molecule has 8 nitrogen and oxygen atoms in total. The number of amides is 1. The van der Waals surface area contributed by atoms with Gasteiger partial charge in [-0.25, -0.2) is 0 Å². The number of fused-ring (bicyclic) bond motifs is 4. The molecule has 4 aliphatic rings. The van der Waals surface area contributed by atoms with Crippen LogP contribution in [0.25, 0.3) is 0 Å². The topological polar surface area (TPSA) is 88.0 Å². The Kier molecular flexibility index (Phi) is 5.27. The summed E-state index contributed by atoms with van der Waals surface area (Å²) in [5, 5.41) is 14.4. The highest BCUT2D eigenvalue weighted by molar-refractivity contribution is 5.99. The predicted molar refractivity (Wildman–Crippen MR) is 101 cm³/mol. The van der Waals surface area contributed by atoms with Crippen molar-refractivity contribution in [1.82, 2.24) is 10.2 Å². The largest absolute Gasteiger partial charge is 0.381 e. The molecule has 4 heterocycles. The molecule has 2 bridgehead atoms. The minimum atomic E-state index is -0.470. The third kappa shape index (κ3) is 3.91. The number of anilines is 1. The van der Waals surface area contributed by atoms with E-state index >= 15 is 0 Å². The van der Waals surface area contributed by atoms with Gasteiger partial charge in [0.1, 0.15) is 5.56 Å². The summed E-state index contributed by atoms with van der Waals surface area (Å²) in [6.07, 6.45) is 3.67. The van der Waals surface area contributed by atoms with Crippen molar-refractivity contribution in [3.63, 3.8) is 0 Å². The van der Waals surface area contributed by atoms with E-state index in [4.69, 9.17) is 4.74 Å². The number of carbonyl (C=O) groups is 1. The van der Waals surface area contributed by atoms with E-state index < -0.39 is 4.92 Å². The number of nitrogens with zero attached hydrogens (tertiary/aromatic N) is 3. The first-order valence-electron chi connectivity index (χ1n) is 9.78. The summed E-state index contributed by atoms with van der Waals surface area (Å²) >= 11 is 0. The Balaban J connectivity index is 1.59. The molecule has 0 aromatic heterocycles. The van der Waals surface area contributed by atoms with Crippen LogP contribution in [0.3, 0.4) is 0 Å². The predicted octanol–water partition coefficient (Wildman–Crippen LogP) is 1.79. The molecule has 0 aliphatic carbocycles. The number of benzene rings is 1. The molecule has 4 fully saturated rings. The first-order chi connectivity index (χ1) is 13.1. The Labute approximate surface area is 158 Å². The van der Waals surface area contributed by atoms with Crippen LogP contribution in [0.5, 0.6) is 0 Å². The van der Waals surface area contributed by atoms with Crippen molar-refractivity contribution >= 4 is 17.3 Å². The van der Waals surface area contributed by atoms with Gasteiger partial charge in [0.2, 0.25) is 0 Å². The number of carbonyl (C=O) groups excluding carboxylic acids is 1. The standard InChI is InChI=1S/C19H26N4O4/c24-19(20-14-5-11-27-12-6-14)17-13-16(1-2-18(17)23(25)26)22-10-9-21-7-3-15(22)4-8-21/h1-2,13-15H,3-12H2,(H,20,24). The lowest BCUT2D eigenvalue weighted by molar-refractivity contribution is -0.385. The maximum atomic E-state index is 12.8. The van der Waals surface area contributed by atoms with E-state index in [0.29, 0.717) is 19.3 Å². The lowest BCUT2D eigenvalue weighted by Gasteiger charge is -2.33. The van der Waals surface area contributed by atoms with Gasteiger partial charge in [0, 0.05) is 63.2 Å². The molecule has 4 saturated heterocycles. The highest BCUT2D eigenvalue weighted by Gasteiger charge is 2.31. The molecule has 146 valence electrons. The fourth-order valence-electron chi connectivity index (χ4n) is 4.38. The third-order valence-corrected chi connectivity index (χ3v) is 5.96. The van der Waals surface area contributed by atoms with Crippen molar-refractivity contribution in [3.8, 4) is 0 Å². The molecule has 0 atom stereocenters. The zero-order valence-corrected chi connectivity index (χ0v) is 15.4. The van der Waals surface area contributed by atoms with E-state index in [9.17, 15) is 14.9 Å². The van der Waals surface area contributed by atoms with E-state index in [1.165, 1.54) is 6.07 Å². The summed E-state index contributed by atoms with van der Waals surface area (Å²) < 4.78 is 5.32. The van der Waals surface area contributed by atoms with Crippen LogP contribution in [-0.4, -0.2) is 67.2 Å². The molecule has 8 heteroatoms. The average molecular weight is 374 g/mol. The quantitative estimate of drug-likeness (QED) is 0.639. The molecule has 27 heavy (non-hydrogen) atoms. The highest BCUT2D eigenvalue weighted by Crippen LogP contribution is 2.30. The molecule has 0 unspecified atom stereocenters. The number of hydrogen-bond donors (Lipinski definition) is 1. The Morgan fingerprint density at radius 2 is 1.85 bits per heavy atom. The number of piperidine rings is 1. The highest BCUT2D eigenvalue weighted by atomic mass is 16.6. The van der Waals surface area contributed by atoms with Crippen LogP contribution in [0.15, 0.2) is 18.2 Å². The van der Waals surface area contributed by atoms with Gasteiger partial charge in [-0.1, -0.05) is 0 Å². The van der Waals surface area contributed by atoms with Crippen molar-refractivity contribution < 1.29 is 14.5 Å². The number of rotatable bonds is 4. The maximum Gasteiger partial charge on any atom is 0.282 e. The van der Waals surface area contributed by atoms with Crippen LogP contribution < -0.4 is 10.2 Å². The monoisotopic (exact) mass is 374 g/mol. The molecule has 1 amide bonds. The minimum Gasteiger partial charge on any atom is -0.381 e. The van der Waals surface area contributed by atoms with E-state index in [0.717, 1.165) is 57.5 Å². The normalized spacial score (nSPS) is 25.9. The molecule has 1 N–H and O–H groups in total. The molecule has 5 rings (SSSR count). The van der Waals surface area contributed by atoms with Crippen LogP contribution in [-0.2, 0) is 4.74 Å². The first kappa shape index (κ1) is 18.2. The summed E-state index contributed by atoms with van der Waals surface area (Å²) in [4.78, 5) is 28.6. The minimum absolute atomic E-state index is 0.0103. The van der Waals surface area contributed by atoms with Crippen LogP contribution in [0.1, 0.15) is 36.0 Å². The molecule has 0 spiro atoms. The smallest absolute Gasteiger partial charge is 0.282 e. The van der Waals surface area contributed by atoms with Gasteiger partial charge in [0.25, 0.3) is 11.6 Å². The van der Waals surface area contributed by atoms with Crippen molar-refractivity contribution in [3.05, 3.63) is 33.9 Å². The lowest BCUT2D eigenvalue weighted by Crippen LogP contribution is -2.39. The Morgan fingerprint density at radius 1 is 1.11 bits per heavy atom. The van der Waals surface area contributed by atoms with Crippen LogP contribution in [0.4, 0.5) is 11.4 Å². The van der Waals surface area contributed by atoms with Gasteiger partial charge < -0.3 is 19.9 Å². The van der Waals surface area contributed by atoms with Gasteiger partial charge in [0.15, 0.2) is 0 Å². The summed E-state index contributed by atoms with van der Waals surface area (Å²) in [6, 6.07) is 5.43. The molecule has 0 saturated carbocycles. The van der Waals surface area contributed by atoms with E-state index in [-0.39, 0.29) is 23.2 Å². The lowest BCUT2D eigenvalue weighted by atomic mass is 10.0. The molecular formula is C19H26N4O4. The van der Waals surface area contributed by atoms with Crippen molar-refractivity contribution in [2.75, 3.05) is 44.3 Å². The average Bonchev–Trinajstić information content (AvgIpc) is 3.02. The van der Waals surface area contributed by atoms with Gasteiger partial charge in [0.05, 0.1) is 4.92 Å². The number of nitro groups is 1. The van der Waals surface area contributed by atoms with Gasteiger partial charge in [-0.2, -0.15) is 0 Å². The molecule has 4 aliphatic heterocycles. The van der Waals surface area contributed by atoms with E-state index in [1.807, 2.05) is 0 Å². The van der Waals surface area contributed by atoms with Gasteiger partial charge in [-0.15, -0.1) is 0 Å². The SMILES string of the molecule is O=C(NC1CCOCC1)c1cc(N2CCN3CCC2CC3)ccc1[N+](=O)[O-]. The second kappa shape index (κ2) is 7.82. The number of ether oxygens (including phenoxy) is 1. The Hall–Kier alpha value is -2.19. The summed E-state index contributed by atoms with van der Waals surface area (Å²) in [5.74, 6) is -0.363. The summed E-state index contributed by atoms with van der Waals surface area (Å²) in [7, 11) is 0. The van der Waals surface area contributed by atoms with Gasteiger partial charge in [-0.3, -0.25) is 14.9 Å². The van der Waals surface area contributed by atoms with Crippen LogP contribution in [0.2, 0.25) is 0 Å². The van der Waals surface area contributed by atoms with E-state index in [2.05, 4.69) is 15.1 Å². The molecule has 1 aromatic carbocycles. The third-order valence-electron chi connectivity index (χ3n) is 5.96. The van der Waals surface area contributed by atoms with Crippen LogP contribution >= 0.6 is 0 Å². The van der Waals surface area contributed by atoms with Crippen molar-refractivity contribution in [1.29, 1.82) is 0 Å². The second-order valence-corrected chi connectivity index (χ2v) is 7.58. The molecule has 1 aromatic rings. The summed E-state index contributed by atoms with van der Waals surface area (Å²) in [5.41, 5.74) is 0.931. The maximum absolute atomic E-state index is 12.8. The molecular weight excluding hydrogens is 348 g/mol. The van der Waals surface area contributed by atoms with Gasteiger partial charge >= 0.3 is 0 Å². The van der Waals surface area contributed by atoms with Crippen molar-refractivity contribution in [2.45, 2.75) is 37.8 Å². The van der Waals surface area contributed by atoms with Crippen molar-refractivity contribution in [2.24, 2.45) is 0 Å². The van der Waals surface area contributed by atoms with Crippen LogP contribution in [0, 0.1) is 10.1 Å². The second-order valence-electron chi connectivity index (χ2n) is 7.58.